The molecule has 0 aromatic rings. The van der Waals surface area contributed by atoms with E-state index in [2.05, 4.69) is 50.8 Å². The Kier molecular flexibility index (Phi) is 8.72. The number of unbranched alkanes of at least 4 members (excludes halogenated alkanes) is 1. The van der Waals surface area contributed by atoms with Gasteiger partial charge in [-0.3, -0.25) is 5.32 Å². The molecular formula is C14H28N2S. The molecule has 100 valence electrons. The average molecular weight is 256 g/mol. The first kappa shape index (κ1) is 16.8. The van der Waals surface area contributed by atoms with Crippen molar-refractivity contribution < 1.29 is 0 Å². The van der Waals surface area contributed by atoms with Crippen molar-refractivity contribution in [2.24, 2.45) is 5.92 Å². The Morgan fingerprint density at radius 3 is 2.41 bits per heavy atom. The molecule has 0 rings (SSSR count). The summed E-state index contributed by atoms with van der Waals surface area (Å²) in [6.45, 7) is 11.8. The van der Waals surface area contributed by atoms with Crippen molar-refractivity contribution in [1.82, 2.24) is 5.32 Å². The quantitative estimate of drug-likeness (QED) is 0.637. The van der Waals surface area contributed by atoms with Crippen LogP contribution in [0.25, 0.3) is 0 Å². The number of nitrogens with one attached hydrogen (secondary N) is 1. The predicted octanol–water partition coefficient (Wildman–Crippen LogP) is 3.83. The van der Waals surface area contributed by atoms with Crippen LogP contribution < -0.4 is 5.32 Å². The maximum absolute atomic E-state index is 9.12. The summed E-state index contributed by atoms with van der Waals surface area (Å²) in [5.41, 5.74) is -0.330. The van der Waals surface area contributed by atoms with Crippen LogP contribution in [0.4, 0.5) is 0 Å². The number of rotatable bonds is 9. The second-order valence-corrected chi connectivity index (χ2v) is 6.74. The first-order chi connectivity index (χ1) is 7.95. The van der Waals surface area contributed by atoms with Gasteiger partial charge in [0.25, 0.3) is 0 Å². The monoisotopic (exact) mass is 256 g/mol. The Labute approximate surface area is 112 Å². The maximum Gasteiger partial charge on any atom is 0.103 e. The van der Waals surface area contributed by atoms with Crippen molar-refractivity contribution in [1.29, 1.82) is 5.26 Å². The highest BCUT2D eigenvalue weighted by Gasteiger charge is 2.21. The van der Waals surface area contributed by atoms with Gasteiger partial charge < -0.3 is 0 Å². The average Bonchev–Trinajstić information content (AvgIpc) is 2.28. The van der Waals surface area contributed by atoms with Crippen LogP contribution in [0.1, 0.15) is 53.9 Å². The molecule has 0 saturated heterocycles. The van der Waals surface area contributed by atoms with Crippen LogP contribution in [0.15, 0.2) is 0 Å². The molecule has 2 nitrogen and oxygen atoms in total. The summed E-state index contributed by atoms with van der Waals surface area (Å²) in [5.74, 6) is 1.97. The van der Waals surface area contributed by atoms with Gasteiger partial charge in [-0.05, 0) is 44.4 Å². The summed E-state index contributed by atoms with van der Waals surface area (Å²) < 4.78 is 0. The second kappa shape index (κ2) is 8.83. The Morgan fingerprint density at radius 2 is 1.94 bits per heavy atom. The van der Waals surface area contributed by atoms with Crippen LogP contribution in [0, 0.1) is 17.2 Å². The van der Waals surface area contributed by atoms with Crippen molar-refractivity contribution in [3.63, 3.8) is 0 Å². The molecule has 0 radical (unpaired) electrons. The largest absolute Gasteiger partial charge is 0.300 e. The summed E-state index contributed by atoms with van der Waals surface area (Å²) in [4.78, 5) is 0. The Hall–Kier alpha value is -0.200. The summed E-state index contributed by atoms with van der Waals surface area (Å²) in [5, 5.41) is 13.1. The third-order valence-corrected chi connectivity index (χ3v) is 4.80. The summed E-state index contributed by atoms with van der Waals surface area (Å²) >= 11 is 2.05. The molecule has 17 heavy (non-hydrogen) atoms. The number of hydrogen-bond acceptors (Lipinski definition) is 3. The molecule has 2 unspecified atom stereocenters. The Balaban J connectivity index is 3.67. The zero-order chi connectivity index (χ0) is 13.3. The molecule has 0 aliphatic heterocycles. The molecular weight excluding hydrogens is 228 g/mol. The summed E-state index contributed by atoms with van der Waals surface area (Å²) in [6, 6.07) is 2.38. The molecule has 3 heteroatoms. The van der Waals surface area contributed by atoms with Gasteiger partial charge in [0.1, 0.15) is 5.54 Å². The third-order valence-electron chi connectivity index (χ3n) is 3.20. The second-order valence-electron chi connectivity index (χ2n) is 5.25. The van der Waals surface area contributed by atoms with Gasteiger partial charge in [0.05, 0.1) is 6.07 Å². The fourth-order valence-electron chi connectivity index (χ4n) is 1.62. The van der Waals surface area contributed by atoms with Gasteiger partial charge >= 0.3 is 0 Å². The van der Waals surface area contributed by atoms with Gasteiger partial charge in [-0.15, -0.1) is 0 Å². The number of nitrogens with zero attached hydrogens (tertiary/aromatic N) is 1. The van der Waals surface area contributed by atoms with Crippen LogP contribution in [0.2, 0.25) is 0 Å². The highest BCUT2D eigenvalue weighted by molar-refractivity contribution is 7.99. The van der Waals surface area contributed by atoms with Crippen molar-refractivity contribution in [2.45, 2.75) is 64.7 Å². The number of thioether (sulfide) groups is 1. The highest BCUT2D eigenvalue weighted by Crippen LogP contribution is 2.21. The molecule has 0 aliphatic rings. The summed E-state index contributed by atoms with van der Waals surface area (Å²) in [7, 11) is 0. The Bertz CT molecular complexity index is 235. The molecule has 0 aromatic carbocycles. The van der Waals surface area contributed by atoms with Crippen molar-refractivity contribution in [2.75, 3.05) is 12.3 Å². The van der Waals surface area contributed by atoms with E-state index in [4.69, 9.17) is 5.26 Å². The topological polar surface area (TPSA) is 35.8 Å². The predicted molar refractivity (Wildman–Crippen MR) is 78.3 cm³/mol. The van der Waals surface area contributed by atoms with Crippen LogP contribution in [-0.2, 0) is 0 Å². The van der Waals surface area contributed by atoms with Crippen LogP contribution in [-0.4, -0.2) is 23.1 Å². The van der Waals surface area contributed by atoms with Gasteiger partial charge in [0, 0.05) is 5.25 Å². The van der Waals surface area contributed by atoms with Crippen molar-refractivity contribution in [3.05, 3.63) is 0 Å². The standard InChI is InChI=1S/C14H28N2S/c1-6-16-14(5,11-15)9-7-8-10-17-13(4)12(2)3/h12-13,16H,6-10H2,1-5H3. The van der Waals surface area contributed by atoms with Gasteiger partial charge in [-0.2, -0.15) is 17.0 Å². The Morgan fingerprint density at radius 1 is 1.29 bits per heavy atom. The third kappa shape index (κ3) is 7.68. The fraction of sp³-hybridized carbons (Fsp3) is 0.929. The normalized spacial score (nSPS) is 16.5. The molecule has 0 spiro atoms. The smallest absolute Gasteiger partial charge is 0.103 e. The zero-order valence-corrected chi connectivity index (χ0v) is 12.9. The van der Waals surface area contributed by atoms with E-state index in [0.29, 0.717) is 0 Å². The SMILES string of the molecule is CCNC(C)(C#N)CCCCSC(C)C(C)C. The lowest BCUT2D eigenvalue weighted by atomic mass is 9.97. The van der Waals surface area contributed by atoms with Crippen LogP contribution in [0.5, 0.6) is 0 Å². The molecule has 0 amide bonds. The lowest BCUT2D eigenvalue weighted by Crippen LogP contribution is -2.40. The van der Waals surface area contributed by atoms with E-state index in [-0.39, 0.29) is 5.54 Å². The van der Waals surface area contributed by atoms with E-state index >= 15 is 0 Å². The zero-order valence-electron chi connectivity index (χ0n) is 12.0. The molecule has 0 saturated carbocycles. The lowest BCUT2D eigenvalue weighted by molar-refractivity contribution is 0.415. The van der Waals surface area contributed by atoms with Gasteiger partial charge in [-0.1, -0.05) is 27.7 Å². The lowest BCUT2D eigenvalue weighted by Gasteiger charge is -2.22. The molecule has 0 fully saturated rings. The van der Waals surface area contributed by atoms with E-state index in [9.17, 15) is 0 Å². The molecule has 2 atom stereocenters. The van der Waals surface area contributed by atoms with Gasteiger partial charge in [0.2, 0.25) is 0 Å². The molecule has 0 heterocycles. The van der Waals surface area contributed by atoms with Crippen LogP contribution >= 0.6 is 11.8 Å². The van der Waals surface area contributed by atoms with Gasteiger partial charge in [-0.25, -0.2) is 0 Å². The highest BCUT2D eigenvalue weighted by atomic mass is 32.2. The van der Waals surface area contributed by atoms with E-state index in [1.165, 1.54) is 12.2 Å². The van der Waals surface area contributed by atoms with Crippen LogP contribution in [0.3, 0.4) is 0 Å². The first-order valence-electron chi connectivity index (χ1n) is 6.73. The fourth-order valence-corrected chi connectivity index (χ4v) is 2.74. The minimum absolute atomic E-state index is 0.330. The minimum Gasteiger partial charge on any atom is -0.300 e. The minimum atomic E-state index is -0.330. The van der Waals surface area contributed by atoms with E-state index in [1.54, 1.807) is 0 Å². The van der Waals surface area contributed by atoms with E-state index < -0.39 is 0 Å². The summed E-state index contributed by atoms with van der Waals surface area (Å²) in [6.07, 6.45) is 3.30. The van der Waals surface area contributed by atoms with Gasteiger partial charge in [0.15, 0.2) is 0 Å². The van der Waals surface area contributed by atoms with E-state index in [1.807, 2.05) is 6.92 Å². The molecule has 0 aromatic heterocycles. The van der Waals surface area contributed by atoms with E-state index in [0.717, 1.165) is 30.6 Å². The van der Waals surface area contributed by atoms with Crippen molar-refractivity contribution in [3.8, 4) is 6.07 Å². The molecule has 0 bridgehead atoms. The molecule has 1 N–H and O–H groups in total. The number of nitriles is 1. The number of hydrogen-bond donors (Lipinski definition) is 1. The van der Waals surface area contributed by atoms with Crippen molar-refractivity contribution >= 4 is 11.8 Å². The molecule has 0 aliphatic carbocycles. The first-order valence-corrected chi connectivity index (χ1v) is 7.78. The maximum atomic E-state index is 9.12.